The zero-order chi connectivity index (χ0) is 10.8. The Hall–Kier alpha value is -2.22. The maximum atomic E-state index is 4.38. The Morgan fingerprint density at radius 2 is 1.88 bits per heavy atom. The molecular formula is C14H9N2. The molecule has 0 fully saturated rings. The Kier molecular flexibility index (Phi) is 2.11. The first-order valence-corrected chi connectivity index (χ1v) is 5.10. The van der Waals surface area contributed by atoms with Crippen LogP contribution in [-0.2, 0) is 0 Å². The largest absolute Gasteiger partial charge is 0.265 e. The third kappa shape index (κ3) is 1.54. The third-order valence-corrected chi connectivity index (χ3v) is 2.52. The fraction of sp³-hybridized carbons (Fsp3) is 0. The molecule has 75 valence electrons. The third-order valence-electron chi connectivity index (χ3n) is 2.52. The molecule has 16 heavy (non-hydrogen) atoms. The van der Waals surface area contributed by atoms with Crippen LogP contribution in [0.4, 0.5) is 0 Å². The molecule has 3 aromatic rings. The monoisotopic (exact) mass is 205 g/mol. The van der Waals surface area contributed by atoms with Crippen molar-refractivity contribution in [1.82, 2.24) is 9.97 Å². The van der Waals surface area contributed by atoms with Crippen molar-refractivity contribution < 1.29 is 0 Å². The van der Waals surface area contributed by atoms with Gasteiger partial charge in [-0.3, -0.25) is 9.97 Å². The molecule has 2 heterocycles. The van der Waals surface area contributed by atoms with Crippen LogP contribution in [0.25, 0.3) is 22.0 Å². The van der Waals surface area contributed by atoms with Crippen molar-refractivity contribution in [3.8, 4) is 11.1 Å². The lowest BCUT2D eigenvalue weighted by molar-refractivity contribution is 1.32. The first-order valence-electron chi connectivity index (χ1n) is 5.10. The van der Waals surface area contributed by atoms with Gasteiger partial charge in [-0.2, -0.15) is 0 Å². The van der Waals surface area contributed by atoms with Crippen LogP contribution >= 0.6 is 0 Å². The highest BCUT2D eigenvalue weighted by Crippen LogP contribution is 2.21. The number of nitrogens with zero attached hydrogens (tertiary/aromatic N) is 2. The van der Waals surface area contributed by atoms with Crippen LogP contribution in [0.1, 0.15) is 0 Å². The van der Waals surface area contributed by atoms with Crippen LogP contribution in [0.15, 0.2) is 55.0 Å². The minimum Gasteiger partial charge on any atom is -0.265 e. The fourth-order valence-electron chi connectivity index (χ4n) is 1.71. The normalized spacial score (nSPS) is 10.5. The van der Waals surface area contributed by atoms with Gasteiger partial charge in [0.05, 0.1) is 5.52 Å². The van der Waals surface area contributed by atoms with Crippen LogP contribution in [0.3, 0.4) is 0 Å². The Bertz CT molecular complexity index is 618. The molecule has 2 aromatic heterocycles. The van der Waals surface area contributed by atoms with Gasteiger partial charge < -0.3 is 0 Å². The zero-order valence-electron chi connectivity index (χ0n) is 8.59. The molecule has 0 spiro atoms. The highest BCUT2D eigenvalue weighted by Gasteiger charge is 1.99. The number of hydrogen-bond acceptors (Lipinski definition) is 2. The molecule has 0 bridgehead atoms. The minimum atomic E-state index is 0.903. The SMILES string of the molecule is [c]1cccc2cc(-c3ccncc3)cnc12. The van der Waals surface area contributed by atoms with Gasteiger partial charge in [0.15, 0.2) is 0 Å². The maximum absolute atomic E-state index is 4.38. The second-order valence-corrected chi connectivity index (χ2v) is 3.57. The van der Waals surface area contributed by atoms with Gasteiger partial charge in [0, 0.05) is 35.6 Å². The highest BCUT2D eigenvalue weighted by atomic mass is 14.7. The van der Waals surface area contributed by atoms with Gasteiger partial charge in [0.2, 0.25) is 0 Å². The van der Waals surface area contributed by atoms with E-state index in [9.17, 15) is 0 Å². The lowest BCUT2D eigenvalue weighted by atomic mass is 10.1. The van der Waals surface area contributed by atoms with Crippen molar-refractivity contribution in [3.63, 3.8) is 0 Å². The van der Waals surface area contributed by atoms with Crippen molar-refractivity contribution in [1.29, 1.82) is 0 Å². The summed E-state index contributed by atoms with van der Waals surface area (Å²) in [5, 5.41) is 1.11. The molecule has 0 saturated heterocycles. The summed E-state index contributed by atoms with van der Waals surface area (Å²) in [4.78, 5) is 8.39. The number of aromatic nitrogens is 2. The number of hydrogen-bond donors (Lipinski definition) is 0. The highest BCUT2D eigenvalue weighted by molar-refractivity contribution is 5.82. The van der Waals surface area contributed by atoms with Gasteiger partial charge in [-0.1, -0.05) is 18.2 Å². The lowest BCUT2D eigenvalue weighted by Gasteiger charge is -2.02. The van der Waals surface area contributed by atoms with Crippen LogP contribution in [0.2, 0.25) is 0 Å². The number of para-hydroxylation sites is 1. The van der Waals surface area contributed by atoms with E-state index in [-0.39, 0.29) is 0 Å². The molecule has 0 amide bonds. The molecule has 0 unspecified atom stereocenters. The summed E-state index contributed by atoms with van der Waals surface area (Å²) < 4.78 is 0. The summed E-state index contributed by atoms with van der Waals surface area (Å²) in [5.41, 5.74) is 3.14. The van der Waals surface area contributed by atoms with Crippen molar-refractivity contribution in [2.24, 2.45) is 0 Å². The van der Waals surface area contributed by atoms with Gasteiger partial charge in [-0.05, 0) is 23.8 Å². The maximum Gasteiger partial charge on any atom is 0.0781 e. The molecule has 0 atom stereocenters. The Morgan fingerprint density at radius 1 is 1.00 bits per heavy atom. The molecule has 0 aliphatic carbocycles. The number of pyridine rings is 2. The number of rotatable bonds is 1. The Labute approximate surface area is 93.6 Å². The topological polar surface area (TPSA) is 25.8 Å². The van der Waals surface area contributed by atoms with Gasteiger partial charge in [-0.15, -0.1) is 0 Å². The van der Waals surface area contributed by atoms with Gasteiger partial charge in [0.1, 0.15) is 0 Å². The first-order chi connectivity index (χ1) is 7.93. The van der Waals surface area contributed by atoms with E-state index >= 15 is 0 Å². The van der Waals surface area contributed by atoms with Crippen molar-refractivity contribution in [2.45, 2.75) is 0 Å². The smallest absolute Gasteiger partial charge is 0.0781 e. The molecular weight excluding hydrogens is 196 g/mol. The Morgan fingerprint density at radius 3 is 2.75 bits per heavy atom. The molecule has 2 heteroatoms. The average Bonchev–Trinajstić information content (AvgIpc) is 2.39. The molecule has 1 aromatic carbocycles. The summed E-state index contributed by atoms with van der Waals surface area (Å²) >= 11 is 0. The molecule has 3 rings (SSSR count). The summed E-state index contributed by atoms with van der Waals surface area (Å²) in [6.45, 7) is 0. The van der Waals surface area contributed by atoms with Crippen LogP contribution < -0.4 is 0 Å². The minimum absolute atomic E-state index is 0.903. The van der Waals surface area contributed by atoms with E-state index in [0.717, 1.165) is 22.0 Å². The fourth-order valence-corrected chi connectivity index (χ4v) is 1.71. The van der Waals surface area contributed by atoms with Crippen LogP contribution in [0.5, 0.6) is 0 Å². The van der Waals surface area contributed by atoms with E-state index in [1.54, 1.807) is 12.4 Å². The number of benzene rings is 1. The Balaban J connectivity index is 2.19. The summed E-state index contributed by atoms with van der Waals surface area (Å²) in [7, 11) is 0. The van der Waals surface area contributed by atoms with E-state index in [4.69, 9.17) is 0 Å². The molecule has 1 radical (unpaired) electrons. The van der Waals surface area contributed by atoms with E-state index in [1.165, 1.54) is 0 Å². The predicted molar refractivity (Wildman–Crippen MR) is 63.8 cm³/mol. The van der Waals surface area contributed by atoms with E-state index < -0.39 is 0 Å². The molecule has 0 saturated carbocycles. The van der Waals surface area contributed by atoms with Gasteiger partial charge >= 0.3 is 0 Å². The van der Waals surface area contributed by atoms with Crippen LogP contribution in [-0.4, -0.2) is 9.97 Å². The zero-order valence-corrected chi connectivity index (χ0v) is 8.59. The summed E-state index contributed by atoms with van der Waals surface area (Å²) in [6.07, 6.45) is 5.45. The standard InChI is InChI=1S/C14H9N2/c1-2-4-14-12(3-1)9-13(10-16-14)11-5-7-15-8-6-11/h1-3,5-10H. The van der Waals surface area contributed by atoms with E-state index in [0.29, 0.717) is 0 Å². The average molecular weight is 205 g/mol. The number of fused-ring (bicyclic) bond motifs is 1. The van der Waals surface area contributed by atoms with Gasteiger partial charge in [-0.25, -0.2) is 0 Å². The lowest BCUT2D eigenvalue weighted by Crippen LogP contribution is -1.83. The quantitative estimate of drug-likeness (QED) is 0.610. The predicted octanol–water partition coefficient (Wildman–Crippen LogP) is 3.10. The van der Waals surface area contributed by atoms with Crippen molar-refractivity contribution in [2.75, 3.05) is 0 Å². The molecule has 0 aliphatic rings. The van der Waals surface area contributed by atoms with E-state index in [1.807, 2.05) is 36.5 Å². The molecule has 2 nitrogen and oxygen atoms in total. The van der Waals surface area contributed by atoms with Crippen LogP contribution in [0, 0.1) is 6.07 Å². The summed E-state index contributed by atoms with van der Waals surface area (Å²) in [5.74, 6) is 0. The van der Waals surface area contributed by atoms with Crippen molar-refractivity contribution in [3.05, 3.63) is 61.1 Å². The van der Waals surface area contributed by atoms with E-state index in [2.05, 4.69) is 22.1 Å². The van der Waals surface area contributed by atoms with Gasteiger partial charge in [0.25, 0.3) is 0 Å². The second-order valence-electron chi connectivity index (χ2n) is 3.57. The first kappa shape index (κ1) is 9.04. The van der Waals surface area contributed by atoms with Crippen molar-refractivity contribution >= 4 is 10.9 Å². The molecule has 0 aliphatic heterocycles. The second kappa shape index (κ2) is 3.74. The summed E-state index contributed by atoms with van der Waals surface area (Å²) in [6, 6.07) is 15.1. The molecule has 0 N–H and O–H groups in total.